The Labute approximate surface area is 86.5 Å². The van der Waals surface area contributed by atoms with Crippen LogP contribution in [-0.4, -0.2) is 53.0 Å². The third-order valence-electron chi connectivity index (χ3n) is 0.626. The quantitative estimate of drug-likeness (QED) is 0.238. The van der Waals surface area contributed by atoms with E-state index in [2.05, 4.69) is 14.2 Å². The molecule has 0 rings (SSSR count). The maximum absolute atomic E-state index is 9.43. The van der Waals surface area contributed by atoms with E-state index in [4.69, 9.17) is 15.3 Å². The standard InChI is InChI=1S/C3H8O3.O7Si2/c4-1-3(6)2-5;1-8(2)6-5-7-9(3)4/h3-6H,1-2H2;/q;-2. The topological polar surface area (TPSA) is 169 Å². The Bertz CT molecular complexity index is 166. The molecule has 12 heteroatoms. The second-order valence-electron chi connectivity index (χ2n) is 1.75. The van der Waals surface area contributed by atoms with E-state index in [0.717, 1.165) is 0 Å². The van der Waals surface area contributed by atoms with Crippen molar-refractivity contribution in [2.45, 2.75) is 6.10 Å². The van der Waals surface area contributed by atoms with E-state index in [1.807, 2.05) is 0 Å². The predicted molar refractivity (Wildman–Crippen MR) is 36.3 cm³/mol. The van der Waals surface area contributed by atoms with Crippen LogP contribution in [0.2, 0.25) is 0 Å². The zero-order valence-electron chi connectivity index (χ0n) is 7.19. The highest BCUT2D eigenvalue weighted by molar-refractivity contribution is 6.22. The lowest BCUT2D eigenvalue weighted by Crippen LogP contribution is -2.28. The van der Waals surface area contributed by atoms with Gasteiger partial charge in [-0.05, 0) is 0 Å². The fourth-order valence-electron chi connectivity index (χ4n) is 0.130. The molecule has 0 radical (unpaired) electrons. The summed E-state index contributed by atoms with van der Waals surface area (Å²) in [7, 11) is -7.08. The number of aliphatic hydroxyl groups is 3. The molecular weight excluding hydrogens is 252 g/mol. The molecule has 0 saturated carbocycles. The fourth-order valence-corrected chi connectivity index (χ4v) is 0.377. The molecular formula is C3H8O10Si2-2. The Hall–Kier alpha value is -0.926. The molecule has 0 aromatic rings. The molecule has 0 aliphatic carbocycles. The molecule has 0 saturated heterocycles. The summed E-state index contributed by atoms with van der Waals surface area (Å²) in [6, 6.07) is 0. The molecule has 0 amide bonds. The summed E-state index contributed by atoms with van der Waals surface area (Å²) in [5.41, 5.74) is 0. The molecule has 0 aliphatic heterocycles. The van der Waals surface area contributed by atoms with E-state index >= 15 is 0 Å². The van der Waals surface area contributed by atoms with Crippen LogP contribution in [0.4, 0.5) is 0 Å². The van der Waals surface area contributed by atoms with Crippen molar-refractivity contribution in [3.8, 4) is 0 Å². The van der Waals surface area contributed by atoms with Crippen molar-refractivity contribution in [3.05, 3.63) is 0 Å². The largest absolute Gasteiger partial charge is 0.478 e. The second-order valence-corrected chi connectivity index (χ2v) is 3.09. The van der Waals surface area contributed by atoms with Crippen molar-refractivity contribution < 1.29 is 48.0 Å². The van der Waals surface area contributed by atoms with Crippen LogP contribution in [0.15, 0.2) is 0 Å². The van der Waals surface area contributed by atoms with Gasteiger partial charge >= 0.3 is 18.3 Å². The first kappa shape index (κ1) is 16.5. The Morgan fingerprint density at radius 3 is 1.53 bits per heavy atom. The minimum Gasteiger partial charge on any atom is -0.478 e. The number of hydrogen-bond acceptors (Lipinski definition) is 10. The zero-order chi connectivity index (χ0) is 12.3. The summed E-state index contributed by atoms with van der Waals surface area (Å²) in [5.74, 6) is 0. The minimum atomic E-state index is -3.54. The average Bonchev–Trinajstić information content (AvgIpc) is 2.16. The highest BCUT2D eigenvalue weighted by Gasteiger charge is 1.93. The van der Waals surface area contributed by atoms with Gasteiger partial charge in [0.1, 0.15) is 6.10 Å². The first-order valence-electron chi connectivity index (χ1n) is 3.27. The number of rotatable bonds is 6. The molecule has 15 heavy (non-hydrogen) atoms. The predicted octanol–water partition coefficient (Wildman–Crippen LogP) is -5.25. The van der Waals surface area contributed by atoms with Gasteiger partial charge in [-0.25, -0.2) is 0 Å². The Morgan fingerprint density at radius 1 is 1.07 bits per heavy atom. The van der Waals surface area contributed by atoms with Crippen LogP contribution in [0, 0.1) is 0 Å². The summed E-state index contributed by atoms with van der Waals surface area (Å²) in [6.45, 7) is -0.729. The van der Waals surface area contributed by atoms with Gasteiger partial charge in [-0.2, -0.15) is 0 Å². The first-order valence-corrected chi connectivity index (χ1v) is 5.71. The molecule has 0 atom stereocenters. The van der Waals surface area contributed by atoms with Crippen molar-refractivity contribution in [1.29, 1.82) is 0 Å². The van der Waals surface area contributed by atoms with Gasteiger partial charge in [0.25, 0.3) is 0 Å². The van der Waals surface area contributed by atoms with Gasteiger partial charge in [0.2, 0.25) is 0 Å². The van der Waals surface area contributed by atoms with Gasteiger partial charge in [-0.15, -0.1) is 5.04 Å². The number of hydrogen-bond donors (Lipinski definition) is 3. The summed E-state index contributed by atoms with van der Waals surface area (Å²) in [6.07, 6.45) is -0.954. The molecule has 0 aromatic carbocycles. The summed E-state index contributed by atoms with van der Waals surface area (Å²) in [4.78, 5) is 18.9. The monoisotopic (exact) mass is 260 g/mol. The van der Waals surface area contributed by atoms with Crippen molar-refractivity contribution in [1.82, 2.24) is 0 Å². The fraction of sp³-hybridized carbons (Fsp3) is 1.00. The van der Waals surface area contributed by atoms with E-state index in [-0.39, 0.29) is 13.2 Å². The maximum atomic E-state index is 9.43. The maximum Gasteiger partial charge on any atom is 0.443 e. The van der Waals surface area contributed by atoms with Gasteiger partial charge in [0, 0.05) is 0 Å². The molecule has 0 heterocycles. The third-order valence-corrected chi connectivity index (χ3v) is 1.03. The van der Waals surface area contributed by atoms with E-state index < -0.39 is 24.4 Å². The zero-order valence-corrected chi connectivity index (χ0v) is 9.19. The summed E-state index contributed by atoms with van der Waals surface area (Å²) >= 11 is 0. The van der Waals surface area contributed by atoms with E-state index in [1.54, 1.807) is 0 Å². The lowest BCUT2D eigenvalue weighted by molar-refractivity contribution is -0.471. The minimum absolute atomic E-state index is 0.365. The molecule has 0 aliphatic rings. The van der Waals surface area contributed by atoms with Crippen molar-refractivity contribution in [3.63, 3.8) is 0 Å². The van der Waals surface area contributed by atoms with Gasteiger partial charge in [-0.3, -0.25) is 0 Å². The van der Waals surface area contributed by atoms with Crippen LogP contribution in [0.25, 0.3) is 0 Å². The van der Waals surface area contributed by atoms with Crippen LogP contribution in [-0.2, 0) is 23.1 Å². The van der Waals surface area contributed by atoms with Gasteiger partial charge in [0.05, 0.1) is 13.2 Å². The Morgan fingerprint density at radius 2 is 1.40 bits per heavy atom. The van der Waals surface area contributed by atoms with E-state index in [0.29, 0.717) is 0 Å². The lowest BCUT2D eigenvalue weighted by Gasteiger charge is -2.08. The van der Waals surface area contributed by atoms with Crippen molar-refractivity contribution in [2.24, 2.45) is 0 Å². The van der Waals surface area contributed by atoms with E-state index in [1.165, 1.54) is 0 Å². The van der Waals surface area contributed by atoms with Crippen LogP contribution >= 0.6 is 0 Å². The highest BCUT2D eigenvalue weighted by atomic mass is 28.3. The SMILES string of the molecule is O=[Si]([O-])OOO[Si](=O)[O-].OCC(O)CO. The van der Waals surface area contributed by atoms with E-state index in [9.17, 15) is 18.5 Å². The molecule has 3 N–H and O–H groups in total. The van der Waals surface area contributed by atoms with Crippen LogP contribution < -0.4 is 9.59 Å². The highest BCUT2D eigenvalue weighted by Crippen LogP contribution is 1.73. The van der Waals surface area contributed by atoms with Gasteiger partial charge in [0.15, 0.2) is 0 Å². The molecule has 0 unspecified atom stereocenters. The number of aliphatic hydroxyl groups excluding tert-OH is 3. The van der Waals surface area contributed by atoms with Crippen LogP contribution in [0.5, 0.6) is 0 Å². The smallest absolute Gasteiger partial charge is 0.443 e. The van der Waals surface area contributed by atoms with Gasteiger partial charge < -0.3 is 43.0 Å². The third kappa shape index (κ3) is 19.5. The van der Waals surface area contributed by atoms with Gasteiger partial charge in [-0.1, -0.05) is 0 Å². The van der Waals surface area contributed by atoms with Crippen LogP contribution in [0.1, 0.15) is 0 Å². The second kappa shape index (κ2) is 11.2. The lowest BCUT2D eigenvalue weighted by atomic mass is 10.4. The average molecular weight is 260 g/mol. The first-order chi connectivity index (χ1) is 6.93. The van der Waals surface area contributed by atoms with Crippen molar-refractivity contribution in [2.75, 3.05) is 13.2 Å². The molecule has 90 valence electrons. The Balaban J connectivity index is 0. The summed E-state index contributed by atoms with van der Waals surface area (Å²) in [5, 5.41) is 27.2. The normalized spacial score (nSPS) is 8.80. The molecule has 0 bridgehead atoms. The van der Waals surface area contributed by atoms with Crippen molar-refractivity contribution >= 4 is 18.3 Å². The molecule has 0 fully saturated rings. The van der Waals surface area contributed by atoms with Crippen LogP contribution in [0.3, 0.4) is 0 Å². The molecule has 10 nitrogen and oxygen atoms in total. The Kier molecular flexibility index (Phi) is 12.3. The molecule has 0 aromatic heterocycles. The summed E-state index contributed by atoms with van der Waals surface area (Å²) < 4.78 is 25.4. The molecule has 0 spiro atoms.